The molecule has 0 atom stereocenters. The molecule has 0 amide bonds. The molecule has 0 saturated heterocycles. The van der Waals surface area contributed by atoms with Crippen LogP contribution in [0.15, 0.2) is 21.7 Å². The van der Waals surface area contributed by atoms with Gasteiger partial charge in [-0.25, -0.2) is 0 Å². The van der Waals surface area contributed by atoms with Crippen molar-refractivity contribution in [3.63, 3.8) is 0 Å². The van der Waals surface area contributed by atoms with Crippen molar-refractivity contribution in [2.45, 2.75) is 6.92 Å². The van der Waals surface area contributed by atoms with Crippen molar-refractivity contribution >= 4 is 5.84 Å². The maximum atomic E-state index is 5.34. The third kappa shape index (κ3) is 1.10. The molecule has 4 N–H and O–H groups in total. The van der Waals surface area contributed by atoms with Gasteiger partial charge in [-0.15, -0.1) is 0 Å². The Labute approximate surface area is 58.5 Å². The Morgan fingerprint density at radius 2 is 2.30 bits per heavy atom. The lowest BCUT2D eigenvalue weighted by atomic mass is 10.4. The van der Waals surface area contributed by atoms with Crippen molar-refractivity contribution in [3.8, 4) is 0 Å². The van der Waals surface area contributed by atoms with Gasteiger partial charge < -0.3 is 16.0 Å². The first-order valence-electron chi connectivity index (χ1n) is 2.84. The van der Waals surface area contributed by atoms with E-state index < -0.39 is 0 Å². The number of rotatable bonds is 1. The quantitative estimate of drug-likeness (QED) is 0.252. The largest absolute Gasteiger partial charge is 0.458 e. The van der Waals surface area contributed by atoms with Crippen LogP contribution in [0.4, 0.5) is 0 Å². The molecule has 0 aliphatic carbocycles. The predicted molar refractivity (Wildman–Crippen MR) is 38.4 cm³/mol. The second kappa shape index (κ2) is 2.43. The second-order valence-electron chi connectivity index (χ2n) is 1.92. The average Bonchev–Trinajstić information content (AvgIpc) is 2.34. The van der Waals surface area contributed by atoms with E-state index in [4.69, 9.17) is 16.0 Å². The molecular formula is C6H9N3O. The zero-order valence-corrected chi connectivity index (χ0v) is 5.66. The van der Waals surface area contributed by atoms with Gasteiger partial charge in [0.2, 0.25) is 0 Å². The predicted octanol–water partition coefficient (Wildman–Crippen LogP) is 0.167. The van der Waals surface area contributed by atoms with Gasteiger partial charge in [-0.3, -0.25) is 0 Å². The minimum absolute atomic E-state index is 0.216. The summed E-state index contributed by atoms with van der Waals surface area (Å²) in [6.45, 7) is 1.83. The van der Waals surface area contributed by atoms with Crippen LogP contribution in [0.5, 0.6) is 0 Å². The molecule has 1 heterocycles. The summed E-state index contributed by atoms with van der Waals surface area (Å²) in [4.78, 5) is 0. The van der Waals surface area contributed by atoms with Crippen molar-refractivity contribution in [1.82, 2.24) is 0 Å². The summed E-state index contributed by atoms with van der Waals surface area (Å²) in [6.07, 6.45) is 0. The van der Waals surface area contributed by atoms with E-state index in [2.05, 4.69) is 5.10 Å². The zero-order chi connectivity index (χ0) is 7.56. The van der Waals surface area contributed by atoms with Gasteiger partial charge in [0.1, 0.15) is 5.76 Å². The number of hydrogen-bond donors (Lipinski definition) is 2. The lowest BCUT2D eigenvalue weighted by Gasteiger charge is -1.89. The number of aryl methyl sites for hydroxylation is 1. The van der Waals surface area contributed by atoms with Gasteiger partial charge in [0, 0.05) is 0 Å². The maximum Gasteiger partial charge on any atom is 0.186 e. The fourth-order valence-electron chi connectivity index (χ4n) is 0.636. The van der Waals surface area contributed by atoms with Crippen molar-refractivity contribution in [1.29, 1.82) is 0 Å². The number of hydrazone groups is 1. The van der Waals surface area contributed by atoms with E-state index in [1.165, 1.54) is 0 Å². The summed E-state index contributed by atoms with van der Waals surface area (Å²) in [5.74, 6) is 6.44. The van der Waals surface area contributed by atoms with Crippen LogP contribution < -0.4 is 11.6 Å². The monoisotopic (exact) mass is 139 g/mol. The third-order valence-corrected chi connectivity index (χ3v) is 1.13. The molecule has 4 heteroatoms. The number of nitrogens with zero attached hydrogens (tertiary/aromatic N) is 1. The van der Waals surface area contributed by atoms with Gasteiger partial charge in [0.05, 0.1) is 0 Å². The number of nitrogens with two attached hydrogens (primary N) is 2. The molecule has 0 aromatic carbocycles. The molecule has 0 radical (unpaired) electrons. The van der Waals surface area contributed by atoms with Crippen molar-refractivity contribution in [2.75, 3.05) is 0 Å². The van der Waals surface area contributed by atoms with E-state index in [-0.39, 0.29) is 5.84 Å². The molecule has 0 saturated carbocycles. The summed E-state index contributed by atoms with van der Waals surface area (Å²) >= 11 is 0. The van der Waals surface area contributed by atoms with E-state index in [9.17, 15) is 0 Å². The van der Waals surface area contributed by atoms with E-state index >= 15 is 0 Å². The van der Waals surface area contributed by atoms with E-state index in [0.717, 1.165) is 5.76 Å². The van der Waals surface area contributed by atoms with Crippen LogP contribution in [0.3, 0.4) is 0 Å². The highest BCUT2D eigenvalue weighted by molar-refractivity contribution is 5.94. The van der Waals surface area contributed by atoms with E-state index in [1.54, 1.807) is 12.1 Å². The normalized spacial score (nSPS) is 11.9. The summed E-state index contributed by atoms with van der Waals surface area (Å²) < 4.78 is 5.10. The Bertz CT molecular complexity index is 251. The number of furan rings is 1. The highest BCUT2D eigenvalue weighted by Crippen LogP contribution is 2.04. The molecule has 0 aliphatic rings. The number of amidine groups is 1. The van der Waals surface area contributed by atoms with Gasteiger partial charge >= 0.3 is 0 Å². The molecule has 4 nitrogen and oxygen atoms in total. The Morgan fingerprint density at radius 1 is 1.60 bits per heavy atom. The van der Waals surface area contributed by atoms with Crippen LogP contribution in [-0.2, 0) is 0 Å². The Kier molecular flexibility index (Phi) is 1.62. The average molecular weight is 139 g/mol. The van der Waals surface area contributed by atoms with Crippen LogP contribution in [-0.4, -0.2) is 5.84 Å². The van der Waals surface area contributed by atoms with E-state index in [0.29, 0.717) is 5.76 Å². The van der Waals surface area contributed by atoms with Gasteiger partial charge in [0.25, 0.3) is 0 Å². The van der Waals surface area contributed by atoms with Crippen LogP contribution in [0.25, 0.3) is 0 Å². The standard InChI is InChI=1S/C6H9N3O/c1-4-2-3-5(10-4)6(7)9-8/h2-3H,8H2,1H3,(H2,7,9). The summed E-state index contributed by atoms with van der Waals surface area (Å²) in [5, 5.41) is 3.27. The first kappa shape index (κ1) is 6.67. The lowest BCUT2D eigenvalue weighted by molar-refractivity contribution is 0.524. The molecule has 1 aromatic heterocycles. The maximum absolute atomic E-state index is 5.34. The second-order valence-corrected chi connectivity index (χ2v) is 1.92. The van der Waals surface area contributed by atoms with Gasteiger partial charge in [0.15, 0.2) is 11.6 Å². The minimum Gasteiger partial charge on any atom is -0.458 e. The SMILES string of the molecule is Cc1ccc(/C(N)=N/N)o1. The van der Waals surface area contributed by atoms with Crippen molar-refractivity contribution in [3.05, 3.63) is 23.7 Å². The molecule has 10 heavy (non-hydrogen) atoms. The van der Waals surface area contributed by atoms with Crippen LogP contribution >= 0.6 is 0 Å². The molecular weight excluding hydrogens is 130 g/mol. The molecule has 1 aromatic rings. The molecule has 0 fully saturated rings. The lowest BCUT2D eigenvalue weighted by Crippen LogP contribution is -2.14. The van der Waals surface area contributed by atoms with Crippen molar-refractivity contribution in [2.24, 2.45) is 16.7 Å². The Morgan fingerprint density at radius 3 is 2.70 bits per heavy atom. The molecule has 0 unspecified atom stereocenters. The third-order valence-electron chi connectivity index (χ3n) is 1.13. The highest BCUT2D eigenvalue weighted by atomic mass is 16.3. The minimum atomic E-state index is 0.216. The van der Waals surface area contributed by atoms with E-state index in [1.807, 2.05) is 6.92 Å². The highest BCUT2D eigenvalue weighted by Gasteiger charge is 2.00. The summed E-state index contributed by atoms with van der Waals surface area (Å²) in [5.41, 5.74) is 5.34. The molecule has 54 valence electrons. The Hall–Kier alpha value is -1.45. The topological polar surface area (TPSA) is 77.5 Å². The first-order valence-corrected chi connectivity index (χ1v) is 2.84. The molecule has 0 aliphatic heterocycles. The van der Waals surface area contributed by atoms with Gasteiger partial charge in [-0.2, -0.15) is 5.10 Å². The van der Waals surface area contributed by atoms with Crippen LogP contribution in [0.1, 0.15) is 11.5 Å². The van der Waals surface area contributed by atoms with Crippen LogP contribution in [0, 0.1) is 6.92 Å². The Balaban J connectivity index is 2.95. The summed E-state index contributed by atoms with van der Waals surface area (Å²) in [7, 11) is 0. The van der Waals surface area contributed by atoms with Crippen LogP contribution in [0.2, 0.25) is 0 Å². The van der Waals surface area contributed by atoms with Crippen molar-refractivity contribution < 1.29 is 4.42 Å². The smallest absolute Gasteiger partial charge is 0.186 e. The summed E-state index contributed by atoms with van der Waals surface area (Å²) in [6, 6.07) is 3.52. The fraction of sp³-hybridized carbons (Fsp3) is 0.167. The fourth-order valence-corrected chi connectivity index (χ4v) is 0.636. The van der Waals surface area contributed by atoms with Gasteiger partial charge in [-0.1, -0.05) is 0 Å². The molecule has 1 rings (SSSR count). The molecule has 0 bridgehead atoms. The van der Waals surface area contributed by atoms with Gasteiger partial charge in [-0.05, 0) is 19.1 Å². The number of hydrogen-bond acceptors (Lipinski definition) is 3. The zero-order valence-electron chi connectivity index (χ0n) is 5.66. The molecule has 0 spiro atoms. The first-order chi connectivity index (χ1) is 4.74.